The predicted molar refractivity (Wildman–Crippen MR) is 107 cm³/mol. The van der Waals surface area contributed by atoms with Crippen LogP contribution in [0.1, 0.15) is 41.6 Å². The van der Waals surface area contributed by atoms with Gasteiger partial charge in [-0.2, -0.15) is 0 Å². The highest BCUT2D eigenvalue weighted by Crippen LogP contribution is 2.26. The molecular weight excluding hydrogens is 357 g/mol. The number of methoxy groups -OCH3 is 1. The van der Waals surface area contributed by atoms with Crippen LogP contribution in [0.25, 0.3) is 0 Å². The van der Waals surface area contributed by atoms with E-state index in [0.29, 0.717) is 6.61 Å². The Hall–Kier alpha value is -2.40. The van der Waals surface area contributed by atoms with E-state index in [1.165, 1.54) is 56.6 Å². The van der Waals surface area contributed by atoms with Crippen LogP contribution in [0.3, 0.4) is 0 Å². The molecule has 0 bridgehead atoms. The third kappa shape index (κ3) is 5.10. The molecular formula is C23H29FNO3+. The third-order valence-electron chi connectivity index (χ3n) is 5.56. The molecule has 0 aliphatic carbocycles. The maximum Gasteiger partial charge on any atom is 0.341 e. The molecule has 4 nitrogen and oxygen atoms in total. The molecule has 0 spiro atoms. The number of halogens is 1. The Morgan fingerprint density at radius 3 is 2.39 bits per heavy atom. The molecule has 0 saturated carbocycles. The van der Waals surface area contributed by atoms with Crippen LogP contribution in [-0.4, -0.2) is 43.8 Å². The number of para-hydroxylation sites is 1. The lowest BCUT2D eigenvalue weighted by Gasteiger charge is -2.38. The minimum Gasteiger partial charge on any atom is -0.484 e. The maximum absolute atomic E-state index is 14.3. The smallest absolute Gasteiger partial charge is 0.341 e. The predicted octanol–water partition coefficient (Wildman–Crippen LogP) is 4.58. The molecule has 1 fully saturated rings. The molecule has 2 aromatic rings. The lowest BCUT2D eigenvalue weighted by molar-refractivity contribution is -0.940. The number of ether oxygens (including phenoxy) is 2. The zero-order valence-electron chi connectivity index (χ0n) is 16.5. The zero-order chi connectivity index (χ0) is 19.8. The van der Waals surface area contributed by atoms with Gasteiger partial charge in [0.2, 0.25) is 0 Å². The quantitative estimate of drug-likeness (QED) is 0.516. The van der Waals surface area contributed by atoms with Crippen molar-refractivity contribution in [3.8, 4) is 5.75 Å². The van der Waals surface area contributed by atoms with Crippen molar-refractivity contribution in [3.63, 3.8) is 0 Å². The molecule has 1 aliphatic rings. The fourth-order valence-electron chi connectivity index (χ4n) is 4.06. The van der Waals surface area contributed by atoms with Gasteiger partial charge in [-0.15, -0.1) is 0 Å². The van der Waals surface area contributed by atoms with Crippen LogP contribution in [0.15, 0.2) is 48.5 Å². The number of hydrogen-bond donors (Lipinski definition) is 0. The third-order valence-corrected chi connectivity index (χ3v) is 5.56. The van der Waals surface area contributed by atoms with E-state index in [4.69, 9.17) is 9.47 Å². The first-order chi connectivity index (χ1) is 13.6. The van der Waals surface area contributed by atoms with Crippen molar-refractivity contribution in [2.45, 2.75) is 32.2 Å². The van der Waals surface area contributed by atoms with Crippen molar-refractivity contribution in [3.05, 3.63) is 65.5 Å². The Labute approximate surface area is 166 Å². The van der Waals surface area contributed by atoms with Gasteiger partial charge in [0, 0.05) is 5.56 Å². The van der Waals surface area contributed by atoms with Crippen LogP contribution < -0.4 is 4.74 Å². The normalized spacial score (nSPS) is 16.2. The van der Waals surface area contributed by atoms with Crippen molar-refractivity contribution in [1.29, 1.82) is 0 Å². The molecule has 1 saturated heterocycles. The molecule has 5 heteroatoms. The van der Waals surface area contributed by atoms with Gasteiger partial charge in [0.1, 0.15) is 25.3 Å². The number of carbonyl (C=O) groups excluding carboxylic acids is 1. The maximum atomic E-state index is 14.3. The monoisotopic (exact) mass is 386 g/mol. The first-order valence-electron chi connectivity index (χ1n) is 10.0. The first-order valence-corrected chi connectivity index (χ1v) is 10.0. The highest BCUT2D eigenvalue weighted by Gasteiger charge is 2.29. The fraction of sp³-hybridized carbons (Fsp3) is 0.435. The SMILES string of the molecule is COC(=O)c1cccc(F)c1OCC[N+]1(Cc2ccccc2)CCCCCC1. The van der Waals surface area contributed by atoms with Crippen molar-refractivity contribution in [2.24, 2.45) is 0 Å². The first kappa shape index (κ1) is 20.3. The molecule has 0 atom stereocenters. The Kier molecular flexibility index (Phi) is 7.04. The van der Waals surface area contributed by atoms with Gasteiger partial charge in [0.25, 0.3) is 0 Å². The van der Waals surface area contributed by atoms with E-state index in [2.05, 4.69) is 24.3 Å². The summed E-state index contributed by atoms with van der Waals surface area (Å²) < 4.78 is 25.8. The summed E-state index contributed by atoms with van der Waals surface area (Å²) in [7, 11) is 1.29. The van der Waals surface area contributed by atoms with Crippen molar-refractivity contribution < 1.29 is 23.1 Å². The Bertz CT molecular complexity index is 771. The summed E-state index contributed by atoms with van der Waals surface area (Å²) in [5, 5.41) is 0. The Morgan fingerprint density at radius 1 is 1.00 bits per heavy atom. The van der Waals surface area contributed by atoms with Crippen LogP contribution in [0.5, 0.6) is 5.75 Å². The van der Waals surface area contributed by atoms with Gasteiger partial charge in [-0.05, 0) is 37.8 Å². The van der Waals surface area contributed by atoms with Crippen molar-refractivity contribution >= 4 is 5.97 Å². The number of rotatable bonds is 7. The van der Waals surface area contributed by atoms with Gasteiger partial charge in [0.15, 0.2) is 11.6 Å². The molecule has 0 unspecified atom stereocenters. The second kappa shape index (κ2) is 9.69. The van der Waals surface area contributed by atoms with E-state index in [1.54, 1.807) is 0 Å². The Balaban J connectivity index is 1.73. The second-order valence-corrected chi connectivity index (χ2v) is 7.53. The van der Waals surface area contributed by atoms with E-state index in [9.17, 15) is 9.18 Å². The summed E-state index contributed by atoms with van der Waals surface area (Å²) in [6.07, 6.45) is 4.91. The number of benzene rings is 2. The van der Waals surface area contributed by atoms with E-state index in [1.807, 2.05) is 6.07 Å². The molecule has 2 aromatic carbocycles. The highest BCUT2D eigenvalue weighted by atomic mass is 19.1. The topological polar surface area (TPSA) is 35.5 Å². The Morgan fingerprint density at radius 2 is 1.71 bits per heavy atom. The average Bonchev–Trinajstić information content (AvgIpc) is 2.95. The van der Waals surface area contributed by atoms with E-state index >= 15 is 0 Å². The van der Waals surface area contributed by atoms with Gasteiger partial charge >= 0.3 is 5.97 Å². The summed E-state index contributed by atoms with van der Waals surface area (Å²) in [5.74, 6) is -1.13. The molecule has 150 valence electrons. The van der Waals surface area contributed by atoms with E-state index < -0.39 is 11.8 Å². The molecule has 28 heavy (non-hydrogen) atoms. The number of likely N-dealkylation sites (tertiary alicyclic amines) is 1. The highest BCUT2D eigenvalue weighted by molar-refractivity contribution is 5.92. The summed E-state index contributed by atoms with van der Waals surface area (Å²) in [6, 6.07) is 14.8. The minimum atomic E-state index is -0.586. The van der Waals surface area contributed by atoms with Crippen LogP contribution in [0, 0.1) is 5.82 Å². The number of esters is 1. The van der Waals surface area contributed by atoms with Gasteiger partial charge in [-0.25, -0.2) is 9.18 Å². The van der Waals surface area contributed by atoms with Crippen molar-refractivity contribution in [1.82, 2.24) is 0 Å². The van der Waals surface area contributed by atoms with Crippen molar-refractivity contribution in [2.75, 3.05) is 33.4 Å². The molecule has 0 radical (unpaired) electrons. The van der Waals surface area contributed by atoms with Gasteiger partial charge in [-0.1, -0.05) is 36.4 Å². The number of nitrogens with zero attached hydrogens (tertiary/aromatic N) is 1. The minimum absolute atomic E-state index is 0.0120. The van der Waals surface area contributed by atoms with Gasteiger partial charge < -0.3 is 14.0 Å². The largest absolute Gasteiger partial charge is 0.484 e. The van der Waals surface area contributed by atoms with E-state index in [0.717, 1.165) is 30.7 Å². The summed E-state index contributed by atoms with van der Waals surface area (Å²) in [4.78, 5) is 11.9. The van der Waals surface area contributed by atoms with Crippen LogP contribution in [0.2, 0.25) is 0 Å². The molecule has 1 heterocycles. The lowest BCUT2D eigenvalue weighted by atomic mass is 10.1. The molecule has 0 aromatic heterocycles. The standard InChI is InChI=1S/C23H29FNO3/c1-27-23(26)20-12-9-13-21(24)22(20)28-17-16-25(14-7-2-3-8-15-25)18-19-10-5-4-6-11-19/h4-6,9-13H,2-3,7-8,14-18H2,1H3/q+1. The molecule has 0 N–H and O–H groups in total. The van der Waals surface area contributed by atoms with Gasteiger partial charge in [0.05, 0.1) is 20.2 Å². The number of quaternary nitrogens is 1. The molecule has 3 rings (SSSR count). The van der Waals surface area contributed by atoms with Gasteiger partial charge in [-0.3, -0.25) is 0 Å². The summed E-state index contributed by atoms with van der Waals surface area (Å²) in [6.45, 7) is 4.28. The zero-order valence-corrected chi connectivity index (χ0v) is 16.5. The van der Waals surface area contributed by atoms with Crippen LogP contribution >= 0.6 is 0 Å². The van der Waals surface area contributed by atoms with Crippen LogP contribution in [-0.2, 0) is 11.3 Å². The van der Waals surface area contributed by atoms with E-state index in [-0.39, 0.29) is 11.3 Å². The summed E-state index contributed by atoms with van der Waals surface area (Å²) >= 11 is 0. The fourth-order valence-corrected chi connectivity index (χ4v) is 4.06. The molecule has 0 amide bonds. The lowest BCUT2D eigenvalue weighted by Crippen LogP contribution is -2.50. The second-order valence-electron chi connectivity index (χ2n) is 7.53. The average molecular weight is 386 g/mol. The molecule has 1 aliphatic heterocycles. The number of carbonyl (C=O) groups is 1. The van der Waals surface area contributed by atoms with Crippen LogP contribution in [0.4, 0.5) is 4.39 Å². The summed E-state index contributed by atoms with van der Waals surface area (Å²) in [5.41, 5.74) is 1.44. The number of hydrogen-bond acceptors (Lipinski definition) is 3.